The van der Waals surface area contributed by atoms with Crippen LogP contribution in [0.1, 0.15) is 31.6 Å². The standard InChI is InChI=1S/C12H18BrNO3S2/c1-8-3-4-9(2)14(6-8)19(16,17)11-5-10(7-15)18-12(11)13/h5,8-9,15H,3-4,6-7H2,1-2H3. The van der Waals surface area contributed by atoms with Crippen LogP contribution < -0.4 is 0 Å². The number of thiophene rings is 1. The first kappa shape index (κ1) is 15.4. The summed E-state index contributed by atoms with van der Waals surface area (Å²) in [6.45, 7) is 4.47. The molecule has 0 amide bonds. The van der Waals surface area contributed by atoms with E-state index in [1.807, 2.05) is 6.92 Å². The Bertz CT molecular complexity index is 555. The summed E-state index contributed by atoms with van der Waals surface area (Å²) in [5.41, 5.74) is 0. The molecule has 2 heterocycles. The lowest BCUT2D eigenvalue weighted by atomic mass is 9.97. The van der Waals surface area contributed by atoms with Crippen LogP contribution in [0.5, 0.6) is 0 Å². The average Bonchev–Trinajstić information content (AvgIpc) is 2.74. The highest BCUT2D eigenvalue weighted by Crippen LogP contribution is 2.36. The normalized spacial score (nSPS) is 25.7. The van der Waals surface area contributed by atoms with E-state index in [0.717, 1.165) is 12.8 Å². The molecule has 0 aliphatic carbocycles. The van der Waals surface area contributed by atoms with Gasteiger partial charge in [-0.1, -0.05) is 6.92 Å². The predicted molar refractivity (Wildman–Crippen MR) is 79.7 cm³/mol. The van der Waals surface area contributed by atoms with Gasteiger partial charge in [0.1, 0.15) is 4.90 Å². The molecule has 2 unspecified atom stereocenters. The highest BCUT2D eigenvalue weighted by Gasteiger charge is 2.35. The summed E-state index contributed by atoms with van der Waals surface area (Å²) in [5, 5.41) is 9.13. The molecule has 1 aliphatic rings. The predicted octanol–water partition coefficient (Wildman–Crippen LogP) is 2.81. The van der Waals surface area contributed by atoms with Crippen LogP contribution in [0.25, 0.3) is 0 Å². The number of sulfonamides is 1. The van der Waals surface area contributed by atoms with Crippen molar-refractivity contribution in [2.24, 2.45) is 5.92 Å². The monoisotopic (exact) mass is 367 g/mol. The van der Waals surface area contributed by atoms with Crippen LogP contribution in [0.4, 0.5) is 0 Å². The molecular weight excluding hydrogens is 350 g/mol. The second kappa shape index (κ2) is 5.81. The molecule has 19 heavy (non-hydrogen) atoms. The minimum absolute atomic E-state index is 0.0329. The fourth-order valence-corrected chi connectivity index (χ4v) is 6.64. The van der Waals surface area contributed by atoms with Gasteiger partial charge in [-0.25, -0.2) is 8.42 Å². The van der Waals surface area contributed by atoms with Crippen LogP contribution in [0.2, 0.25) is 0 Å². The molecule has 2 rings (SSSR count). The van der Waals surface area contributed by atoms with E-state index in [9.17, 15) is 8.42 Å². The minimum Gasteiger partial charge on any atom is -0.391 e. The molecule has 0 aromatic carbocycles. The van der Waals surface area contributed by atoms with Crippen molar-refractivity contribution in [3.05, 3.63) is 14.7 Å². The molecular formula is C12H18BrNO3S2. The van der Waals surface area contributed by atoms with Crippen molar-refractivity contribution < 1.29 is 13.5 Å². The van der Waals surface area contributed by atoms with Gasteiger partial charge in [0.2, 0.25) is 10.0 Å². The van der Waals surface area contributed by atoms with Gasteiger partial charge in [0.15, 0.2) is 0 Å². The summed E-state index contributed by atoms with van der Waals surface area (Å²) in [7, 11) is -3.48. The highest BCUT2D eigenvalue weighted by atomic mass is 79.9. The van der Waals surface area contributed by atoms with Crippen LogP contribution in [0, 0.1) is 5.92 Å². The maximum absolute atomic E-state index is 12.7. The first-order valence-corrected chi connectivity index (χ1v) is 9.32. The molecule has 1 aromatic heterocycles. The van der Waals surface area contributed by atoms with Crippen molar-refractivity contribution in [2.75, 3.05) is 6.54 Å². The Kier molecular flexibility index (Phi) is 4.72. The third-order valence-corrected chi connectivity index (χ3v) is 7.73. The van der Waals surface area contributed by atoms with E-state index in [-0.39, 0.29) is 17.5 Å². The minimum atomic E-state index is -3.48. The van der Waals surface area contributed by atoms with E-state index in [1.54, 1.807) is 10.4 Å². The molecule has 7 heteroatoms. The maximum Gasteiger partial charge on any atom is 0.245 e. The Labute approximate surface area is 126 Å². The average molecular weight is 368 g/mol. The van der Waals surface area contributed by atoms with E-state index < -0.39 is 10.0 Å². The molecule has 0 bridgehead atoms. The Morgan fingerprint density at radius 3 is 2.74 bits per heavy atom. The van der Waals surface area contributed by atoms with Crippen LogP contribution in [0.3, 0.4) is 0 Å². The molecule has 1 aromatic rings. The van der Waals surface area contributed by atoms with E-state index in [0.29, 0.717) is 21.1 Å². The van der Waals surface area contributed by atoms with Gasteiger partial charge in [-0.05, 0) is 47.7 Å². The van der Waals surface area contributed by atoms with Crippen LogP contribution in [-0.2, 0) is 16.6 Å². The lowest BCUT2D eigenvalue weighted by molar-refractivity contribution is 0.218. The largest absolute Gasteiger partial charge is 0.391 e. The smallest absolute Gasteiger partial charge is 0.245 e. The fourth-order valence-electron chi connectivity index (χ4n) is 2.36. The molecule has 0 radical (unpaired) electrons. The summed E-state index contributed by atoms with van der Waals surface area (Å²) in [6.07, 6.45) is 1.97. The molecule has 1 fully saturated rings. The number of aliphatic hydroxyl groups excluding tert-OH is 1. The zero-order valence-electron chi connectivity index (χ0n) is 11.0. The topological polar surface area (TPSA) is 57.6 Å². The van der Waals surface area contributed by atoms with Gasteiger partial charge < -0.3 is 5.11 Å². The summed E-state index contributed by atoms with van der Waals surface area (Å²) >= 11 is 4.57. The highest BCUT2D eigenvalue weighted by molar-refractivity contribution is 9.11. The third kappa shape index (κ3) is 3.05. The molecule has 1 aliphatic heterocycles. The Morgan fingerprint density at radius 1 is 1.47 bits per heavy atom. The van der Waals surface area contributed by atoms with Gasteiger partial charge in [0, 0.05) is 17.5 Å². The van der Waals surface area contributed by atoms with Crippen LogP contribution in [0.15, 0.2) is 14.7 Å². The SMILES string of the molecule is CC1CCC(C)N(S(=O)(=O)c2cc(CO)sc2Br)C1. The summed E-state index contributed by atoms with van der Waals surface area (Å²) in [5.74, 6) is 0.390. The van der Waals surface area contributed by atoms with Crippen LogP contribution in [-0.4, -0.2) is 30.4 Å². The second-order valence-electron chi connectivity index (χ2n) is 5.12. The number of halogens is 1. The van der Waals surface area contributed by atoms with E-state index in [1.165, 1.54) is 11.3 Å². The van der Waals surface area contributed by atoms with Gasteiger partial charge in [0.05, 0.1) is 10.4 Å². The van der Waals surface area contributed by atoms with Crippen molar-refractivity contribution in [2.45, 2.75) is 44.2 Å². The molecule has 108 valence electrons. The number of nitrogens with zero attached hydrogens (tertiary/aromatic N) is 1. The van der Waals surface area contributed by atoms with Gasteiger partial charge in [-0.2, -0.15) is 4.31 Å². The summed E-state index contributed by atoms with van der Waals surface area (Å²) in [6, 6.07) is 1.60. The third-order valence-electron chi connectivity index (χ3n) is 3.51. The van der Waals surface area contributed by atoms with Crippen molar-refractivity contribution in [3.63, 3.8) is 0 Å². The summed E-state index contributed by atoms with van der Waals surface area (Å²) < 4.78 is 27.6. The molecule has 0 spiro atoms. The Hall–Kier alpha value is 0.0500. The zero-order valence-corrected chi connectivity index (χ0v) is 14.2. The first-order chi connectivity index (χ1) is 8.86. The van der Waals surface area contributed by atoms with Crippen LogP contribution >= 0.6 is 27.3 Å². The zero-order chi connectivity index (χ0) is 14.2. The van der Waals surface area contributed by atoms with Gasteiger partial charge in [0.25, 0.3) is 0 Å². The Morgan fingerprint density at radius 2 is 2.16 bits per heavy atom. The molecule has 2 atom stereocenters. The number of piperidine rings is 1. The number of hydrogen-bond acceptors (Lipinski definition) is 4. The Balaban J connectivity index is 2.37. The van der Waals surface area contributed by atoms with Gasteiger partial charge >= 0.3 is 0 Å². The number of hydrogen-bond donors (Lipinski definition) is 1. The quantitative estimate of drug-likeness (QED) is 0.893. The lowest BCUT2D eigenvalue weighted by Gasteiger charge is -2.35. The van der Waals surface area contributed by atoms with Crippen molar-refractivity contribution in [1.82, 2.24) is 4.31 Å². The lowest BCUT2D eigenvalue weighted by Crippen LogP contribution is -2.44. The number of rotatable bonds is 3. The van der Waals surface area contributed by atoms with Crippen molar-refractivity contribution >= 4 is 37.3 Å². The van der Waals surface area contributed by atoms with E-state index in [4.69, 9.17) is 5.11 Å². The molecule has 4 nitrogen and oxygen atoms in total. The van der Waals surface area contributed by atoms with Gasteiger partial charge in [-0.15, -0.1) is 11.3 Å². The molecule has 1 saturated heterocycles. The molecule has 1 N–H and O–H groups in total. The first-order valence-electron chi connectivity index (χ1n) is 6.27. The van der Waals surface area contributed by atoms with Crippen molar-refractivity contribution in [3.8, 4) is 0 Å². The molecule has 0 saturated carbocycles. The fraction of sp³-hybridized carbons (Fsp3) is 0.667. The summed E-state index contributed by atoms with van der Waals surface area (Å²) in [4.78, 5) is 0.936. The maximum atomic E-state index is 12.7. The van der Waals surface area contributed by atoms with Crippen molar-refractivity contribution in [1.29, 1.82) is 0 Å². The number of aliphatic hydroxyl groups is 1. The second-order valence-corrected chi connectivity index (χ2v) is 9.43. The van der Waals surface area contributed by atoms with E-state index in [2.05, 4.69) is 22.9 Å². The van der Waals surface area contributed by atoms with Gasteiger partial charge in [-0.3, -0.25) is 0 Å². The van der Waals surface area contributed by atoms with E-state index >= 15 is 0 Å².